The normalized spacial score (nSPS) is 14.8. The summed E-state index contributed by atoms with van der Waals surface area (Å²) in [5.41, 5.74) is 0. The van der Waals surface area contributed by atoms with Gasteiger partial charge in [-0.2, -0.15) is 0 Å². The van der Waals surface area contributed by atoms with E-state index in [0.29, 0.717) is 0 Å². The van der Waals surface area contributed by atoms with E-state index in [0.717, 1.165) is 0 Å². The fourth-order valence-corrected chi connectivity index (χ4v) is 1.57. The molecule has 0 aromatic heterocycles. The maximum atomic E-state index is 11.3. The highest BCUT2D eigenvalue weighted by Gasteiger charge is 2.20. The van der Waals surface area contributed by atoms with Crippen LogP contribution in [0.4, 0.5) is 0 Å². The van der Waals surface area contributed by atoms with Crippen LogP contribution in [0.15, 0.2) is 0 Å². The Balaban J connectivity index is 4.23. The number of nitrogens with one attached hydrogen (secondary N) is 1. The van der Waals surface area contributed by atoms with E-state index in [4.69, 9.17) is 9.84 Å². The maximum absolute atomic E-state index is 11.3. The van der Waals surface area contributed by atoms with E-state index < -0.39 is 21.3 Å². The van der Waals surface area contributed by atoms with Gasteiger partial charge in [0.05, 0.1) is 24.5 Å². The van der Waals surface area contributed by atoms with Gasteiger partial charge in [0.2, 0.25) is 10.0 Å². The van der Waals surface area contributed by atoms with Gasteiger partial charge in [-0.3, -0.25) is 0 Å². The molecule has 0 aliphatic heterocycles. The lowest BCUT2D eigenvalue weighted by Crippen LogP contribution is -2.43. The Kier molecular flexibility index (Phi) is 5.46. The van der Waals surface area contributed by atoms with Crippen LogP contribution in [-0.4, -0.2) is 45.1 Å². The molecule has 1 unspecified atom stereocenters. The maximum Gasteiger partial charge on any atom is 0.214 e. The first-order chi connectivity index (χ1) is 5.94. The average Bonchev–Trinajstić information content (AvgIpc) is 2.03. The monoisotopic (exact) mass is 211 g/mol. The molecular weight excluding hydrogens is 194 g/mol. The zero-order valence-corrected chi connectivity index (χ0v) is 8.97. The van der Waals surface area contributed by atoms with Crippen LogP contribution in [0.2, 0.25) is 0 Å². The Morgan fingerprint density at radius 1 is 1.46 bits per heavy atom. The molecule has 0 aromatic carbocycles. The fourth-order valence-electron chi connectivity index (χ4n) is 0.694. The first-order valence-electron chi connectivity index (χ1n) is 4.05. The highest BCUT2D eigenvalue weighted by atomic mass is 32.2. The van der Waals surface area contributed by atoms with Crippen LogP contribution >= 0.6 is 0 Å². The Morgan fingerprint density at radius 2 is 2.00 bits per heavy atom. The average molecular weight is 211 g/mol. The first-order valence-corrected chi connectivity index (χ1v) is 5.59. The van der Waals surface area contributed by atoms with Gasteiger partial charge in [0.25, 0.3) is 0 Å². The fraction of sp³-hybridized carbons (Fsp3) is 1.00. The molecule has 5 nitrogen and oxygen atoms in total. The highest BCUT2D eigenvalue weighted by Crippen LogP contribution is 1.98. The minimum Gasteiger partial charge on any atom is -0.395 e. The molecule has 1 atom stereocenters. The number of hydrogen-bond donors (Lipinski definition) is 2. The molecule has 6 heteroatoms. The van der Waals surface area contributed by atoms with Crippen LogP contribution in [0.3, 0.4) is 0 Å². The van der Waals surface area contributed by atoms with Crippen molar-refractivity contribution in [3.05, 3.63) is 0 Å². The van der Waals surface area contributed by atoms with Crippen LogP contribution in [0.5, 0.6) is 0 Å². The predicted octanol–water partition coefficient (Wildman–Crippen LogP) is -0.678. The van der Waals surface area contributed by atoms with Gasteiger partial charge >= 0.3 is 0 Å². The molecule has 2 N–H and O–H groups in total. The zero-order valence-electron chi connectivity index (χ0n) is 8.15. The minimum atomic E-state index is -3.32. The molecule has 0 bridgehead atoms. The summed E-state index contributed by atoms with van der Waals surface area (Å²) in [6.07, 6.45) is 0. The third-order valence-electron chi connectivity index (χ3n) is 1.54. The Bertz CT molecular complexity index is 225. The summed E-state index contributed by atoms with van der Waals surface area (Å²) in [4.78, 5) is 0. The molecule has 0 aliphatic rings. The Hall–Kier alpha value is -0.170. The van der Waals surface area contributed by atoms with E-state index in [-0.39, 0.29) is 13.2 Å². The van der Waals surface area contributed by atoms with Gasteiger partial charge in [0.1, 0.15) is 0 Å². The molecule has 0 heterocycles. The lowest BCUT2D eigenvalue weighted by atomic mass is 10.4. The van der Waals surface area contributed by atoms with Crippen molar-refractivity contribution in [2.75, 3.05) is 20.3 Å². The van der Waals surface area contributed by atoms with E-state index in [2.05, 4.69) is 4.72 Å². The molecule has 80 valence electrons. The summed E-state index contributed by atoms with van der Waals surface area (Å²) in [5, 5.41) is 8.29. The van der Waals surface area contributed by atoms with Crippen LogP contribution < -0.4 is 4.72 Å². The van der Waals surface area contributed by atoms with Crippen molar-refractivity contribution >= 4 is 10.0 Å². The second-order valence-electron chi connectivity index (χ2n) is 3.05. The second-order valence-corrected chi connectivity index (χ2v) is 5.31. The quantitative estimate of drug-likeness (QED) is 0.610. The SMILES string of the molecule is COCC(CO)NS(=O)(=O)C(C)C. The molecule has 0 rings (SSSR count). The Morgan fingerprint density at radius 3 is 2.31 bits per heavy atom. The summed E-state index contributed by atoms with van der Waals surface area (Å²) in [6, 6.07) is -0.558. The van der Waals surface area contributed by atoms with Crippen molar-refractivity contribution in [1.29, 1.82) is 0 Å². The zero-order chi connectivity index (χ0) is 10.5. The summed E-state index contributed by atoms with van der Waals surface area (Å²) < 4.78 is 29.7. The first kappa shape index (κ1) is 12.8. The molecule has 0 radical (unpaired) electrons. The summed E-state index contributed by atoms with van der Waals surface area (Å²) in [6.45, 7) is 3.05. The third kappa shape index (κ3) is 4.56. The lowest BCUT2D eigenvalue weighted by Gasteiger charge is -2.16. The lowest BCUT2D eigenvalue weighted by molar-refractivity contribution is 0.139. The van der Waals surface area contributed by atoms with Gasteiger partial charge in [-0.1, -0.05) is 0 Å². The standard InChI is InChI=1S/C7H17NO4S/c1-6(2)13(10,11)8-7(4-9)5-12-3/h6-9H,4-5H2,1-3H3. The van der Waals surface area contributed by atoms with E-state index in [1.807, 2.05) is 0 Å². The van der Waals surface area contributed by atoms with Crippen molar-refractivity contribution in [3.8, 4) is 0 Å². The van der Waals surface area contributed by atoms with Crippen molar-refractivity contribution in [3.63, 3.8) is 0 Å². The largest absolute Gasteiger partial charge is 0.395 e. The number of aliphatic hydroxyl groups is 1. The van der Waals surface area contributed by atoms with Gasteiger partial charge in [-0.15, -0.1) is 0 Å². The van der Waals surface area contributed by atoms with Gasteiger partial charge in [-0.25, -0.2) is 13.1 Å². The number of hydrogen-bond acceptors (Lipinski definition) is 4. The second kappa shape index (κ2) is 5.54. The smallest absolute Gasteiger partial charge is 0.214 e. The van der Waals surface area contributed by atoms with E-state index in [9.17, 15) is 8.42 Å². The molecule has 13 heavy (non-hydrogen) atoms. The molecule has 0 aromatic rings. The summed E-state index contributed by atoms with van der Waals surface area (Å²) in [7, 11) is -1.87. The van der Waals surface area contributed by atoms with E-state index in [1.54, 1.807) is 13.8 Å². The number of ether oxygens (including phenoxy) is 1. The van der Waals surface area contributed by atoms with Crippen molar-refractivity contribution in [2.45, 2.75) is 25.1 Å². The molecular formula is C7H17NO4S. The van der Waals surface area contributed by atoms with Gasteiger partial charge in [0.15, 0.2) is 0 Å². The molecule has 0 aliphatic carbocycles. The van der Waals surface area contributed by atoms with Gasteiger partial charge in [-0.05, 0) is 13.8 Å². The topological polar surface area (TPSA) is 75.6 Å². The number of aliphatic hydroxyl groups excluding tert-OH is 1. The Labute approximate surface area is 79.1 Å². The number of methoxy groups -OCH3 is 1. The number of rotatable bonds is 6. The third-order valence-corrected chi connectivity index (χ3v) is 3.44. The molecule has 0 saturated heterocycles. The molecule has 0 saturated carbocycles. The molecule has 0 spiro atoms. The highest BCUT2D eigenvalue weighted by molar-refractivity contribution is 7.90. The van der Waals surface area contributed by atoms with Gasteiger partial charge in [0, 0.05) is 7.11 Å². The van der Waals surface area contributed by atoms with Crippen LogP contribution in [-0.2, 0) is 14.8 Å². The summed E-state index contributed by atoms with van der Waals surface area (Å²) >= 11 is 0. The van der Waals surface area contributed by atoms with E-state index in [1.165, 1.54) is 7.11 Å². The minimum absolute atomic E-state index is 0.169. The summed E-state index contributed by atoms with van der Waals surface area (Å²) in [5.74, 6) is 0. The predicted molar refractivity (Wildman–Crippen MR) is 49.9 cm³/mol. The van der Waals surface area contributed by atoms with Crippen LogP contribution in [0.25, 0.3) is 0 Å². The van der Waals surface area contributed by atoms with Crippen molar-refractivity contribution in [1.82, 2.24) is 4.72 Å². The van der Waals surface area contributed by atoms with Crippen molar-refractivity contribution in [2.24, 2.45) is 0 Å². The number of sulfonamides is 1. The molecule has 0 fully saturated rings. The van der Waals surface area contributed by atoms with E-state index >= 15 is 0 Å². The van der Waals surface area contributed by atoms with Gasteiger partial charge < -0.3 is 9.84 Å². The molecule has 0 amide bonds. The van der Waals surface area contributed by atoms with Crippen molar-refractivity contribution < 1.29 is 18.3 Å². The van der Waals surface area contributed by atoms with Crippen LogP contribution in [0.1, 0.15) is 13.8 Å². The van der Waals surface area contributed by atoms with Crippen LogP contribution in [0, 0.1) is 0 Å².